The lowest BCUT2D eigenvalue weighted by molar-refractivity contribution is -0.0248. The molecule has 0 aromatic carbocycles. The van der Waals surface area contributed by atoms with Gasteiger partial charge in [-0.2, -0.15) is 4.39 Å². The van der Waals surface area contributed by atoms with Crippen molar-refractivity contribution in [3.63, 3.8) is 0 Å². The fourth-order valence-corrected chi connectivity index (χ4v) is 2.70. The number of aryl methyl sites for hydroxylation is 1. The van der Waals surface area contributed by atoms with E-state index in [9.17, 15) is 14.3 Å². The maximum Gasteiger partial charge on any atom is 0.292 e. The second kappa shape index (κ2) is 5.49. The molecular weight excluding hydrogens is 289 g/mol. The molecule has 2 aromatic rings. The Morgan fingerprint density at radius 1 is 1.45 bits per heavy atom. The highest BCUT2D eigenvalue weighted by atomic mass is 19.1. The third kappa shape index (κ3) is 2.59. The van der Waals surface area contributed by atoms with Crippen LogP contribution in [0.25, 0.3) is 0 Å². The van der Waals surface area contributed by atoms with Gasteiger partial charge < -0.3 is 14.5 Å². The predicted octanol–water partition coefficient (Wildman–Crippen LogP) is 1.64. The van der Waals surface area contributed by atoms with Crippen molar-refractivity contribution in [2.75, 3.05) is 13.1 Å². The number of nitrogens with zero attached hydrogens (tertiary/aromatic N) is 3. The normalized spacial score (nSPS) is 17.5. The average Bonchev–Trinajstić information content (AvgIpc) is 2.94. The number of hydrogen-bond acceptors (Lipinski definition) is 5. The van der Waals surface area contributed by atoms with Gasteiger partial charge in [-0.05, 0) is 25.8 Å². The first-order chi connectivity index (χ1) is 10.5. The second-order valence-electron chi connectivity index (χ2n) is 5.50. The zero-order chi connectivity index (χ0) is 15.7. The summed E-state index contributed by atoms with van der Waals surface area (Å²) in [5.41, 5.74) is -0.487. The smallest absolute Gasteiger partial charge is 0.292 e. The SMILES string of the molecule is Cc1cc(C(=O)N2CCC(O)(c3cccnc3F)CC2)on1. The van der Waals surface area contributed by atoms with Crippen LogP contribution in [0, 0.1) is 12.9 Å². The molecule has 0 bridgehead atoms. The van der Waals surface area contributed by atoms with Gasteiger partial charge in [0.2, 0.25) is 11.7 Å². The number of halogens is 1. The van der Waals surface area contributed by atoms with Crippen molar-refractivity contribution in [3.8, 4) is 0 Å². The lowest BCUT2D eigenvalue weighted by Gasteiger charge is -2.37. The average molecular weight is 305 g/mol. The predicted molar refractivity (Wildman–Crippen MR) is 74.5 cm³/mol. The standard InChI is InChI=1S/C15H16FN3O3/c1-10-9-12(22-18-10)14(20)19-7-4-15(21,5-8-19)11-3-2-6-17-13(11)16/h2-3,6,9,21H,4-5,7-8H2,1H3. The van der Waals surface area contributed by atoms with Gasteiger partial charge in [0, 0.05) is 30.9 Å². The molecule has 7 heteroatoms. The minimum absolute atomic E-state index is 0.176. The Bertz CT molecular complexity index is 693. The summed E-state index contributed by atoms with van der Waals surface area (Å²) in [7, 11) is 0. The molecule has 1 fully saturated rings. The van der Waals surface area contributed by atoms with E-state index in [4.69, 9.17) is 4.52 Å². The Hall–Kier alpha value is -2.28. The maximum absolute atomic E-state index is 13.8. The lowest BCUT2D eigenvalue weighted by atomic mass is 9.85. The van der Waals surface area contributed by atoms with Gasteiger partial charge in [-0.3, -0.25) is 4.79 Å². The van der Waals surface area contributed by atoms with E-state index in [0.29, 0.717) is 18.8 Å². The fourth-order valence-electron chi connectivity index (χ4n) is 2.70. The molecule has 0 saturated carbocycles. The molecule has 2 aromatic heterocycles. The Labute approximate surface area is 126 Å². The molecule has 0 unspecified atom stereocenters. The molecule has 3 heterocycles. The quantitative estimate of drug-likeness (QED) is 0.853. The number of carbonyl (C=O) groups is 1. The summed E-state index contributed by atoms with van der Waals surface area (Å²) in [6.07, 6.45) is 1.83. The summed E-state index contributed by atoms with van der Waals surface area (Å²) in [6, 6.07) is 4.69. The fraction of sp³-hybridized carbons (Fsp3) is 0.400. The molecule has 0 spiro atoms. The van der Waals surface area contributed by atoms with E-state index >= 15 is 0 Å². The number of aliphatic hydroxyl groups is 1. The molecule has 6 nitrogen and oxygen atoms in total. The van der Waals surface area contributed by atoms with Gasteiger partial charge in [0.15, 0.2) is 0 Å². The van der Waals surface area contributed by atoms with E-state index < -0.39 is 11.5 Å². The van der Waals surface area contributed by atoms with Crippen molar-refractivity contribution in [1.82, 2.24) is 15.0 Å². The summed E-state index contributed by atoms with van der Waals surface area (Å²) in [5.74, 6) is -0.763. The number of hydrogen-bond donors (Lipinski definition) is 1. The summed E-state index contributed by atoms with van der Waals surface area (Å²) >= 11 is 0. The van der Waals surface area contributed by atoms with Crippen molar-refractivity contribution in [1.29, 1.82) is 0 Å². The third-order valence-corrected chi connectivity index (χ3v) is 3.98. The largest absolute Gasteiger partial charge is 0.385 e. The number of rotatable bonds is 2. The first kappa shape index (κ1) is 14.6. The molecule has 1 saturated heterocycles. The van der Waals surface area contributed by atoms with Crippen LogP contribution in [0.3, 0.4) is 0 Å². The summed E-state index contributed by atoms with van der Waals surface area (Å²) in [5, 5.41) is 14.3. The maximum atomic E-state index is 13.8. The molecule has 0 atom stereocenters. The minimum Gasteiger partial charge on any atom is -0.385 e. The first-order valence-electron chi connectivity index (χ1n) is 7.05. The molecule has 22 heavy (non-hydrogen) atoms. The highest BCUT2D eigenvalue weighted by Crippen LogP contribution is 2.34. The highest BCUT2D eigenvalue weighted by molar-refractivity contribution is 5.91. The number of carbonyl (C=O) groups excluding carboxylic acids is 1. The van der Waals surface area contributed by atoms with Crippen molar-refractivity contribution < 1.29 is 18.8 Å². The Kier molecular flexibility index (Phi) is 3.66. The summed E-state index contributed by atoms with van der Waals surface area (Å²) in [6.45, 7) is 2.35. The molecule has 116 valence electrons. The Morgan fingerprint density at radius 2 is 2.18 bits per heavy atom. The van der Waals surface area contributed by atoms with Crippen LogP contribution >= 0.6 is 0 Å². The van der Waals surface area contributed by atoms with E-state index in [1.807, 2.05) is 0 Å². The van der Waals surface area contributed by atoms with E-state index in [2.05, 4.69) is 10.1 Å². The van der Waals surface area contributed by atoms with Gasteiger partial charge in [-0.15, -0.1) is 0 Å². The number of piperidine rings is 1. The van der Waals surface area contributed by atoms with Crippen molar-refractivity contribution in [2.24, 2.45) is 0 Å². The number of likely N-dealkylation sites (tertiary alicyclic amines) is 1. The molecule has 3 rings (SSSR count). The molecule has 1 aliphatic rings. The van der Waals surface area contributed by atoms with Crippen LogP contribution < -0.4 is 0 Å². The first-order valence-corrected chi connectivity index (χ1v) is 7.05. The topological polar surface area (TPSA) is 79.5 Å². The Morgan fingerprint density at radius 3 is 2.77 bits per heavy atom. The number of amides is 1. The van der Waals surface area contributed by atoms with Crippen molar-refractivity contribution in [2.45, 2.75) is 25.4 Å². The third-order valence-electron chi connectivity index (χ3n) is 3.98. The van der Waals surface area contributed by atoms with Gasteiger partial charge in [-0.25, -0.2) is 4.98 Å². The van der Waals surface area contributed by atoms with Gasteiger partial charge in [-0.1, -0.05) is 11.2 Å². The van der Waals surface area contributed by atoms with E-state index in [-0.39, 0.29) is 30.1 Å². The molecular formula is C15H16FN3O3. The van der Waals surface area contributed by atoms with E-state index in [1.165, 1.54) is 12.3 Å². The van der Waals surface area contributed by atoms with Crippen molar-refractivity contribution in [3.05, 3.63) is 47.4 Å². The zero-order valence-corrected chi connectivity index (χ0v) is 12.1. The Balaban J connectivity index is 1.72. The molecule has 1 amide bonds. The van der Waals surface area contributed by atoms with E-state index in [1.54, 1.807) is 24.0 Å². The van der Waals surface area contributed by atoms with Gasteiger partial charge in [0.1, 0.15) is 0 Å². The van der Waals surface area contributed by atoms with Gasteiger partial charge in [0.25, 0.3) is 5.91 Å². The number of pyridine rings is 1. The minimum atomic E-state index is -1.30. The van der Waals surface area contributed by atoms with Crippen molar-refractivity contribution >= 4 is 5.91 Å². The van der Waals surface area contributed by atoms with Crippen LogP contribution in [0.2, 0.25) is 0 Å². The highest BCUT2D eigenvalue weighted by Gasteiger charge is 2.38. The molecule has 1 aliphatic heterocycles. The van der Waals surface area contributed by atoms with Crippen LogP contribution in [-0.4, -0.2) is 39.1 Å². The molecule has 1 N–H and O–H groups in total. The molecule has 0 aliphatic carbocycles. The lowest BCUT2D eigenvalue weighted by Crippen LogP contribution is -2.45. The van der Waals surface area contributed by atoms with Crippen LogP contribution in [0.4, 0.5) is 4.39 Å². The van der Waals surface area contributed by atoms with Crippen LogP contribution in [-0.2, 0) is 5.60 Å². The van der Waals surface area contributed by atoms with Gasteiger partial charge in [0.05, 0.1) is 11.3 Å². The zero-order valence-electron chi connectivity index (χ0n) is 12.1. The van der Waals surface area contributed by atoms with Crippen LogP contribution in [0.5, 0.6) is 0 Å². The summed E-state index contributed by atoms with van der Waals surface area (Å²) < 4.78 is 18.7. The second-order valence-corrected chi connectivity index (χ2v) is 5.50. The summed E-state index contributed by atoms with van der Waals surface area (Å²) in [4.78, 5) is 17.4. The van der Waals surface area contributed by atoms with Crippen LogP contribution in [0.1, 0.15) is 34.7 Å². The molecule has 0 radical (unpaired) electrons. The van der Waals surface area contributed by atoms with E-state index in [0.717, 1.165) is 0 Å². The monoisotopic (exact) mass is 305 g/mol. The van der Waals surface area contributed by atoms with Gasteiger partial charge >= 0.3 is 0 Å². The number of aromatic nitrogens is 2. The van der Waals surface area contributed by atoms with Crippen LogP contribution in [0.15, 0.2) is 28.9 Å².